The van der Waals surface area contributed by atoms with Crippen LogP contribution in [0, 0.1) is 5.41 Å². The minimum Gasteiger partial charge on any atom is -0.381 e. The predicted molar refractivity (Wildman–Crippen MR) is 94.0 cm³/mol. The highest BCUT2D eigenvalue weighted by molar-refractivity contribution is 5.97. The molecule has 4 heteroatoms. The number of methoxy groups -OCH3 is 1. The van der Waals surface area contributed by atoms with Crippen LogP contribution in [-0.4, -0.2) is 42.1 Å². The quantitative estimate of drug-likeness (QED) is 0.847. The van der Waals surface area contributed by atoms with Crippen LogP contribution in [0.15, 0.2) is 36.5 Å². The molecule has 2 aromatic rings. The van der Waals surface area contributed by atoms with Gasteiger partial charge in [-0.25, -0.2) is 0 Å². The number of nitrogens with zero attached hydrogens (tertiary/aromatic N) is 2. The molecule has 0 bridgehead atoms. The Morgan fingerprint density at radius 1 is 1.29 bits per heavy atom. The van der Waals surface area contributed by atoms with Gasteiger partial charge < -0.3 is 9.64 Å². The van der Waals surface area contributed by atoms with E-state index in [2.05, 4.69) is 4.98 Å². The van der Waals surface area contributed by atoms with Gasteiger partial charge in [-0.05, 0) is 37.8 Å². The molecule has 4 rings (SSSR count). The van der Waals surface area contributed by atoms with Gasteiger partial charge in [-0.3, -0.25) is 9.78 Å². The fourth-order valence-corrected chi connectivity index (χ4v) is 4.65. The number of amides is 1. The highest BCUT2D eigenvalue weighted by atomic mass is 16.5. The molecule has 1 aliphatic heterocycles. The van der Waals surface area contributed by atoms with Gasteiger partial charge in [0.2, 0.25) is 0 Å². The lowest BCUT2D eigenvalue weighted by molar-refractivity contribution is -0.0295. The first-order valence-corrected chi connectivity index (χ1v) is 8.89. The van der Waals surface area contributed by atoms with Gasteiger partial charge in [0, 0.05) is 37.2 Å². The number of carbonyl (C=O) groups excluding carboxylic acids is 1. The Kier molecular flexibility index (Phi) is 4.01. The van der Waals surface area contributed by atoms with Crippen LogP contribution >= 0.6 is 0 Å². The van der Waals surface area contributed by atoms with Crippen molar-refractivity contribution in [3.05, 3.63) is 42.1 Å². The molecule has 1 aliphatic carbocycles. The Morgan fingerprint density at radius 2 is 2.12 bits per heavy atom. The van der Waals surface area contributed by atoms with Crippen molar-refractivity contribution in [2.24, 2.45) is 5.41 Å². The van der Waals surface area contributed by atoms with E-state index in [9.17, 15) is 4.79 Å². The van der Waals surface area contributed by atoms with Gasteiger partial charge in [-0.2, -0.15) is 0 Å². The van der Waals surface area contributed by atoms with Crippen LogP contribution in [0.2, 0.25) is 0 Å². The maximum absolute atomic E-state index is 13.0. The third-order valence-corrected chi connectivity index (χ3v) is 5.84. The van der Waals surface area contributed by atoms with E-state index in [0.29, 0.717) is 11.7 Å². The Balaban J connectivity index is 1.59. The van der Waals surface area contributed by atoms with E-state index >= 15 is 0 Å². The lowest BCUT2D eigenvalue weighted by atomic mass is 9.76. The van der Waals surface area contributed by atoms with Gasteiger partial charge >= 0.3 is 0 Å². The fourth-order valence-electron chi connectivity index (χ4n) is 4.65. The molecule has 1 saturated heterocycles. The lowest BCUT2D eigenvalue weighted by Crippen LogP contribution is -2.49. The fraction of sp³-hybridized carbons (Fsp3) is 0.500. The number of para-hydroxylation sites is 1. The van der Waals surface area contributed by atoms with Crippen molar-refractivity contribution in [2.75, 3.05) is 20.2 Å². The highest BCUT2D eigenvalue weighted by Crippen LogP contribution is 2.46. The monoisotopic (exact) mass is 324 g/mol. The first kappa shape index (κ1) is 15.6. The molecule has 126 valence electrons. The number of aromatic nitrogens is 1. The maximum Gasteiger partial charge on any atom is 0.255 e. The second-order valence-corrected chi connectivity index (χ2v) is 7.23. The molecule has 0 unspecified atom stereocenters. The van der Waals surface area contributed by atoms with Crippen LogP contribution in [0.3, 0.4) is 0 Å². The molecule has 2 fully saturated rings. The molecular weight excluding hydrogens is 300 g/mol. The molecule has 2 heterocycles. The van der Waals surface area contributed by atoms with Crippen molar-refractivity contribution >= 4 is 16.8 Å². The normalized spacial score (nSPS) is 27.0. The summed E-state index contributed by atoms with van der Waals surface area (Å²) in [6.07, 6.45) is 7.74. The van der Waals surface area contributed by atoms with Crippen LogP contribution in [0.4, 0.5) is 0 Å². The Morgan fingerprint density at radius 3 is 3.00 bits per heavy atom. The number of piperidine rings is 1. The zero-order valence-corrected chi connectivity index (χ0v) is 14.2. The Hall–Kier alpha value is -1.94. The van der Waals surface area contributed by atoms with Crippen LogP contribution < -0.4 is 0 Å². The average molecular weight is 324 g/mol. The van der Waals surface area contributed by atoms with Crippen molar-refractivity contribution in [2.45, 2.75) is 38.2 Å². The number of hydrogen-bond acceptors (Lipinski definition) is 3. The smallest absolute Gasteiger partial charge is 0.255 e. The minimum absolute atomic E-state index is 0.106. The topological polar surface area (TPSA) is 42.4 Å². The van der Waals surface area contributed by atoms with E-state index in [-0.39, 0.29) is 11.3 Å². The molecular formula is C20H24N2O2. The molecule has 4 nitrogen and oxygen atoms in total. The number of benzene rings is 1. The largest absolute Gasteiger partial charge is 0.381 e. The molecule has 2 aliphatic rings. The van der Waals surface area contributed by atoms with Crippen LogP contribution in [-0.2, 0) is 4.74 Å². The Bertz CT molecular complexity index is 760. The van der Waals surface area contributed by atoms with Crippen LogP contribution in [0.1, 0.15) is 42.5 Å². The summed E-state index contributed by atoms with van der Waals surface area (Å²) in [5, 5.41) is 1.02. The molecule has 1 aromatic heterocycles. The highest BCUT2D eigenvalue weighted by Gasteiger charge is 2.46. The van der Waals surface area contributed by atoms with Crippen molar-refractivity contribution in [3.8, 4) is 0 Å². The van der Waals surface area contributed by atoms with Crippen LogP contribution in [0.5, 0.6) is 0 Å². The number of ether oxygens (including phenoxy) is 1. The molecule has 24 heavy (non-hydrogen) atoms. The second kappa shape index (κ2) is 6.17. The summed E-state index contributed by atoms with van der Waals surface area (Å²) in [5.74, 6) is 0.106. The second-order valence-electron chi connectivity index (χ2n) is 7.23. The van der Waals surface area contributed by atoms with Crippen LogP contribution in [0.25, 0.3) is 10.9 Å². The lowest BCUT2D eigenvalue weighted by Gasteiger charge is -2.43. The van der Waals surface area contributed by atoms with Crippen molar-refractivity contribution in [1.82, 2.24) is 9.88 Å². The summed E-state index contributed by atoms with van der Waals surface area (Å²) in [5.41, 5.74) is 1.78. The summed E-state index contributed by atoms with van der Waals surface area (Å²) in [6, 6.07) is 9.90. The van der Waals surface area contributed by atoms with Gasteiger partial charge in [0.25, 0.3) is 5.91 Å². The first-order chi connectivity index (χ1) is 11.7. The number of carbonyl (C=O) groups is 1. The number of fused-ring (bicyclic) bond motifs is 1. The van der Waals surface area contributed by atoms with Gasteiger partial charge in [-0.1, -0.05) is 24.6 Å². The molecule has 2 atom stereocenters. The third-order valence-electron chi connectivity index (χ3n) is 5.84. The maximum atomic E-state index is 13.0. The predicted octanol–water partition coefficient (Wildman–Crippen LogP) is 3.66. The summed E-state index contributed by atoms with van der Waals surface area (Å²) >= 11 is 0. The van der Waals surface area contributed by atoms with E-state index in [1.165, 1.54) is 19.3 Å². The molecule has 1 amide bonds. The van der Waals surface area contributed by atoms with E-state index in [4.69, 9.17) is 4.74 Å². The SMILES string of the molecule is CO[C@@H]1CCC[C@]12CCCN(C(=O)c1cnc3ccccc3c1)C2. The number of pyridine rings is 1. The summed E-state index contributed by atoms with van der Waals surface area (Å²) in [7, 11) is 1.81. The molecule has 1 spiro atoms. The third kappa shape index (κ3) is 2.59. The van der Waals surface area contributed by atoms with E-state index in [1.807, 2.05) is 42.3 Å². The number of hydrogen-bond donors (Lipinski definition) is 0. The molecule has 0 radical (unpaired) electrons. The van der Waals surface area contributed by atoms with Crippen molar-refractivity contribution in [1.29, 1.82) is 0 Å². The average Bonchev–Trinajstić information content (AvgIpc) is 3.02. The van der Waals surface area contributed by atoms with Gasteiger partial charge in [-0.15, -0.1) is 0 Å². The summed E-state index contributed by atoms with van der Waals surface area (Å²) < 4.78 is 5.75. The Labute approximate surface area is 142 Å². The number of rotatable bonds is 2. The summed E-state index contributed by atoms with van der Waals surface area (Å²) in [6.45, 7) is 1.65. The molecule has 1 aromatic carbocycles. The number of likely N-dealkylation sites (tertiary alicyclic amines) is 1. The van der Waals surface area contributed by atoms with Gasteiger partial charge in [0.1, 0.15) is 0 Å². The first-order valence-electron chi connectivity index (χ1n) is 8.89. The molecule has 0 N–H and O–H groups in total. The summed E-state index contributed by atoms with van der Waals surface area (Å²) in [4.78, 5) is 19.5. The zero-order valence-electron chi connectivity index (χ0n) is 14.2. The molecule has 1 saturated carbocycles. The van der Waals surface area contributed by atoms with E-state index in [1.54, 1.807) is 6.20 Å². The van der Waals surface area contributed by atoms with Crippen molar-refractivity contribution in [3.63, 3.8) is 0 Å². The minimum atomic E-state index is 0.106. The zero-order chi connectivity index (χ0) is 16.6. The van der Waals surface area contributed by atoms with E-state index in [0.717, 1.165) is 36.8 Å². The van der Waals surface area contributed by atoms with E-state index < -0.39 is 0 Å². The standard InChI is InChI=1S/C20H24N2O2/c1-24-18-8-4-9-20(18)10-5-11-22(14-20)19(23)16-12-15-6-2-3-7-17(15)21-13-16/h2-3,6-7,12-13,18H,4-5,8-11,14H2,1H3/t18-,20-/m1/s1. The van der Waals surface area contributed by atoms with Gasteiger partial charge in [0.15, 0.2) is 0 Å². The van der Waals surface area contributed by atoms with Gasteiger partial charge in [0.05, 0.1) is 17.2 Å². The van der Waals surface area contributed by atoms with Crippen molar-refractivity contribution < 1.29 is 9.53 Å².